The summed E-state index contributed by atoms with van der Waals surface area (Å²) in [6, 6.07) is 0.482. The maximum absolute atomic E-state index is 6.14. The molecule has 164 valence electrons. The van der Waals surface area contributed by atoms with E-state index in [1.165, 1.54) is 32.1 Å². The van der Waals surface area contributed by atoms with Crippen molar-refractivity contribution in [3.63, 3.8) is 0 Å². The number of aryl methyl sites for hydroxylation is 1. The molecule has 1 saturated heterocycles. The van der Waals surface area contributed by atoms with E-state index in [1.807, 2.05) is 30.3 Å². The van der Waals surface area contributed by atoms with Gasteiger partial charge in [0.1, 0.15) is 12.4 Å². The van der Waals surface area contributed by atoms with Crippen LogP contribution in [-0.2, 0) is 18.3 Å². The van der Waals surface area contributed by atoms with Gasteiger partial charge in [-0.2, -0.15) is 11.8 Å². The summed E-state index contributed by atoms with van der Waals surface area (Å²) in [6.45, 7) is 4.37. The predicted octanol–water partition coefficient (Wildman–Crippen LogP) is 2.88. The van der Waals surface area contributed by atoms with Gasteiger partial charge in [-0.3, -0.25) is 0 Å². The fourth-order valence-electron chi connectivity index (χ4n) is 5.37. The van der Waals surface area contributed by atoms with Crippen LogP contribution in [0.25, 0.3) is 0 Å². The summed E-state index contributed by atoms with van der Waals surface area (Å²) >= 11 is 1.89. The zero-order chi connectivity index (χ0) is 19.6. The average Bonchev–Trinajstić information content (AvgIpc) is 3.42. The number of halogens is 1. The van der Waals surface area contributed by atoms with Crippen LogP contribution in [0.5, 0.6) is 0 Å². The molecule has 0 aromatic carbocycles. The van der Waals surface area contributed by atoms with E-state index in [1.54, 1.807) is 0 Å². The molecule has 2 N–H and O–H groups in total. The number of nitrogens with zero attached hydrogens (tertiary/aromatic N) is 4. The molecule has 2 aliphatic carbocycles. The summed E-state index contributed by atoms with van der Waals surface area (Å²) in [6.07, 6.45) is 10.2. The van der Waals surface area contributed by atoms with Crippen LogP contribution < -0.4 is 10.6 Å². The van der Waals surface area contributed by atoms with Crippen LogP contribution in [0.15, 0.2) is 4.99 Å². The smallest absolute Gasteiger partial charge is 0.191 e. The van der Waals surface area contributed by atoms with Crippen LogP contribution in [-0.4, -0.2) is 58.0 Å². The molecule has 3 aliphatic rings. The first-order valence-electron chi connectivity index (χ1n) is 10.7. The van der Waals surface area contributed by atoms with E-state index in [-0.39, 0.29) is 24.0 Å². The molecule has 0 radical (unpaired) electrons. The van der Waals surface area contributed by atoms with Crippen molar-refractivity contribution in [3.8, 4) is 0 Å². The van der Waals surface area contributed by atoms with Crippen molar-refractivity contribution in [2.75, 3.05) is 25.2 Å². The van der Waals surface area contributed by atoms with Gasteiger partial charge in [-0.15, -0.1) is 34.2 Å². The van der Waals surface area contributed by atoms with Crippen LogP contribution in [0, 0.1) is 18.3 Å². The Bertz CT molecular complexity index is 705. The largest absolute Gasteiger partial charge is 0.377 e. The van der Waals surface area contributed by atoms with Crippen molar-refractivity contribution in [1.82, 2.24) is 25.4 Å². The quantitative estimate of drug-likeness (QED) is 0.243. The predicted molar refractivity (Wildman–Crippen MR) is 129 cm³/mol. The van der Waals surface area contributed by atoms with Crippen LogP contribution in [0.4, 0.5) is 0 Å². The maximum atomic E-state index is 6.14. The fourth-order valence-corrected chi connectivity index (χ4v) is 5.80. The molecule has 7 nitrogen and oxygen atoms in total. The fraction of sp³-hybridized carbons (Fsp3) is 0.850. The summed E-state index contributed by atoms with van der Waals surface area (Å²) in [5, 5.41) is 15.8. The van der Waals surface area contributed by atoms with Gasteiger partial charge in [-0.1, -0.05) is 12.8 Å². The van der Waals surface area contributed by atoms with E-state index in [2.05, 4.69) is 27.1 Å². The number of guanidine groups is 1. The maximum Gasteiger partial charge on any atom is 0.191 e. The summed E-state index contributed by atoms with van der Waals surface area (Å²) in [7, 11) is 2.00. The number of nitrogens with one attached hydrogen (secondary N) is 2. The highest BCUT2D eigenvalue weighted by Gasteiger charge is 2.65. The van der Waals surface area contributed by atoms with Gasteiger partial charge in [0.15, 0.2) is 11.8 Å². The SMILES string of the molecule is CSCCCNC(=NCc1nnc(C)n1C)NC1C2CCOC2C12CCCC2.I. The van der Waals surface area contributed by atoms with Gasteiger partial charge in [0, 0.05) is 37.6 Å². The van der Waals surface area contributed by atoms with Crippen molar-refractivity contribution in [3.05, 3.63) is 11.6 Å². The highest BCUT2D eigenvalue weighted by atomic mass is 127. The molecule has 2 saturated carbocycles. The van der Waals surface area contributed by atoms with Crippen molar-refractivity contribution in [2.24, 2.45) is 23.4 Å². The third kappa shape index (κ3) is 4.56. The van der Waals surface area contributed by atoms with Crippen LogP contribution >= 0.6 is 35.7 Å². The Morgan fingerprint density at radius 2 is 2.14 bits per heavy atom. The summed E-state index contributed by atoms with van der Waals surface area (Å²) in [5.41, 5.74) is 0.324. The molecule has 3 atom stereocenters. The molecule has 1 aliphatic heterocycles. The van der Waals surface area contributed by atoms with Gasteiger partial charge in [-0.25, -0.2) is 4.99 Å². The second-order valence-electron chi connectivity index (χ2n) is 8.47. The van der Waals surface area contributed by atoms with E-state index in [4.69, 9.17) is 9.73 Å². The molecule has 29 heavy (non-hydrogen) atoms. The zero-order valence-corrected chi connectivity index (χ0v) is 21.0. The third-order valence-electron chi connectivity index (χ3n) is 6.96. The van der Waals surface area contributed by atoms with Gasteiger partial charge >= 0.3 is 0 Å². The molecule has 3 fully saturated rings. The standard InChI is InChI=1S/C20H34N6OS.HI/c1-14-24-25-16(26(14)2)13-22-19(21-10-6-12-28-3)23-17-15-7-11-27-18(15)20(17)8-4-5-9-20;/h15,17-18H,4-13H2,1-3H3,(H2,21,22,23);1H. The third-order valence-corrected chi connectivity index (χ3v) is 7.65. The number of hydrogen-bond acceptors (Lipinski definition) is 5. The molecule has 0 bridgehead atoms. The molecule has 2 heterocycles. The molecule has 4 rings (SSSR count). The van der Waals surface area contributed by atoms with E-state index < -0.39 is 0 Å². The van der Waals surface area contributed by atoms with E-state index >= 15 is 0 Å². The van der Waals surface area contributed by atoms with E-state index in [9.17, 15) is 0 Å². The Morgan fingerprint density at radius 3 is 2.83 bits per heavy atom. The first-order chi connectivity index (χ1) is 13.7. The average molecular weight is 535 g/mol. The van der Waals surface area contributed by atoms with Gasteiger partial charge < -0.3 is 19.9 Å². The van der Waals surface area contributed by atoms with Gasteiger partial charge in [0.05, 0.1) is 6.10 Å². The zero-order valence-electron chi connectivity index (χ0n) is 17.8. The highest BCUT2D eigenvalue weighted by Crippen LogP contribution is 2.60. The lowest BCUT2D eigenvalue weighted by atomic mass is 9.54. The second kappa shape index (κ2) is 10.2. The Balaban J connectivity index is 0.00000240. The number of fused-ring (bicyclic) bond motifs is 2. The number of thioether (sulfide) groups is 1. The molecule has 0 amide bonds. The van der Waals surface area contributed by atoms with Crippen LogP contribution in [0.1, 0.15) is 50.2 Å². The number of hydrogen-bond donors (Lipinski definition) is 2. The van der Waals surface area contributed by atoms with Crippen LogP contribution in [0.3, 0.4) is 0 Å². The lowest BCUT2D eigenvalue weighted by Gasteiger charge is -2.57. The minimum absolute atomic E-state index is 0. The summed E-state index contributed by atoms with van der Waals surface area (Å²) in [5.74, 6) is 4.53. The molecular weight excluding hydrogens is 499 g/mol. The van der Waals surface area contributed by atoms with Gasteiger partial charge in [-0.05, 0) is 44.6 Å². The topological polar surface area (TPSA) is 76.4 Å². The Hall–Kier alpha value is -0.550. The Morgan fingerprint density at radius 1 is 1.34 bits per heavy atom. The van der Waals surface area contributed by atoms with E-state index in [0.29, 0.717) is 30.0 Å². The first kappa shape index (κ1) is 23.1. The molecule has 1 aromatic heterocycles. The number of aliphatic imine (C=N–C) groups is 1. The van der Waals surface area contributed by atoms with Crippen molar-refractivity contribution in [2.45, 2.75) is 64.1 Å². The molecule has 1 aromatic rings. The molecular formula is C20H35IN6OS. The Kier molecular flexibility index (Phi) is 8.11. The highest BCUT2D eigenvalue weighted by molar-refractivity contribution is 14.0. The van der Waals surface area contributed by atoms with Gasteiger partial charge in [0.25, 0.3) is 0 Å². The minimum Gasteiger partial charge on any atom is -0.377 e. The molecule has 1 spiro atoms. The number of rotatable bonds is 7. The van der Waals surface area contributed by atoms with Crippen molar-refractivity contribution >= 4 is 41.7 Å². The summed E-state index contributed by atoms with van der Waals surface area (Å²) < 4.78 is 8.15. The lowest BCUT2D eigenvalue weighted by molar-refractivity contribution is -0.125. The lowest BCUT2D eigenvalue weighted by Crippen LogP contribution is -2.69. The number of ether oxygens (including phenoxy) is 1. The minimum atomic E-state index is 0. The molecule has 9 heteroatoms. The van der Waals surface area contributed by atoms with Crippen molar-refractivity contribution < 1.29 is 4.74 Å². The van der Waals surface area contributed by atoms with Crippen molar-refractivity contribution in [1.29, 1.82) is 0 Å². The monoisotopic (exact) mass is 534 g/mol. The summed E-state index contributed by atoms with van der Waals surface area (Å²) in [4.78, 5) is 4.88. The number of aromatic nitrogens is 3. The van der Waals surface area contributed by atoms with E-state index in [0.717, 1.165) is 42.9 Å². The normalized spacial score (nSPS) is 27.4. The second-order valence-corrected chi connectivity index (χ2v) is 9.45. The van der Waals surface area contributed by atoms with Gasteiger partial charge in [0.2, 0.25) is 0 Å². The van der Waals surface area contributed by atoms with Crippen LogP contribution in [0.2, 0.25) is 0 Å². The Labute approximate surface area is 195 Å². The molecule has 3 unspecified atom stereocenters. The first-order valence-corrected chi connectivity index (χ1v) is 12.1.